The zero-order valence-electron chi connectivity index (χ0n) is 9.34. The van der Waals surface area contributed by atoms with E-state index in [1.54, 1.807) is 0 Å². The van der Waals surface area contributed by atoms with Crippen molar-refractivity contribution in [2.24, 2.45) is 0 Å². The van der Waals surface area contributed by atoms with Crippen molar-refractivity contribution in [3.8, 4) is 16.9 Å². The van der Waals surface area contributed by atoms with E-state index in [-0.39, 0.29) is 0 Å². The highest BCUT2D eigenvalue weighted by Gasteiger charge is 2.19. The van der Waals surface area contributed by atoms with Gasteiger partial charge in [-0.15, -0.1) is 0 Å². The Hall–Kier alpha value is -2.11. The molecule has 0 aliphatic carbocycles. The molecule has 6 heteroatoms. The number of benzene rings is 2. The maximum absolute atomic E-state index is 13.7. The second-order valence-corrected chi connectivity index (χ2v) is 3.59. The van der Waals surface area contributed by atoms with Crippen LogP contribution < -0.4 is 4.74 Å². The predicted octanol–water partition coefficient (Wildman–Crippen LogP) is 4.37. The zero-order valence-corrected chi connectivity index (χ0v) is 9.34. The summed E-state index contributed by atoms with van der Waals surface area (Å²) in [6.45, 7) is -3.20. The van der Waals surface area contributed by atoms with E-state index in [2.05, 4.69) is 4.74 Å². The second kappa shape index (κ2) is 5.26. The SMILES string of the molecule is Fc1cccc(-c2c(F)cccc2OC(F)F)c1F. The van der Waals surface area contributed by atoms with Crippen molar-refractivity contribution < 1.29 is 26.7 Å². The van der Waals surface area contributed by atoms with E-state index in [4.69, 9.17) is 0 Å². The average Bonchev–Trinajstić information content (AvgIpc) is 2.33. The van der Waals surface area contributed by atoms with E-state index < -0.39 is 40.9 Å². The fourth-order valence-corrected chi connectivity index (χ4v) is 1.66. The summed E-state index contributed by atoms with van der Waals surface area (Å²) in [5, 5.41) is 0. The first-order chi connectivity index (χ1) is 9.00. The van der Waals surface area contributed by atoms with Crippen LogP contribution in [-0.4, -0.2) is 6.61 Å². The Bertz CT molecular complexity index is 598. The van der Waals surface area contributed by atoms with Gasteiger partial charge in [-0.1, -0.05) is 18.2 Å². The largest absolute Gasteiger partial charge is 0.434 e. The monoisotopic (exact) mass is 274 g/mol. The van der Waals surface area contributed by atoms with Crippen molar-refractivity contribution in [2.45, 2.75) is 6.61 Å². The molecule has 0 amide bonds. The molecule has 0 atom stereocenters. The van der Waals surface area contributed by atoms with Crippen LogP contribution in [0.5, 0.6) is 5.75 Å². The van der Waals surface area contributed by atoms with Crippen LogP contribution in [0.15, 0.2) is 36.4 Å². The molecule has 100 valence electrons. The summed E-state index contributed by atoms with van der Waals surface area (Å²) >= 11 is 0. The number of alkyl halides is 2. The number of halogens is 5. The van der Waals surface area contributed by atoms with Crippen LogP contribution in [0.1, 0.15) is 0 Å². The Morgan fingerprint density at radius 2 is 1.47 bits per heavy atom. The van der Waals surface area contributed by atoms with Gasteiger partial charge in [0.1, 0.15) is 11.6 Å². The molecule has 0 spiro atoms. The molecule has 0 radical (unpaired) electrons. The quantitative estimate of drug-likeness (QED) is 0.755. The minimum Gasteiger partial charge on any atom is -0.434 e. The van der Waals surface area contributed by atoms with Crippen molar-refractivity contribution in [1.29, 1.82) is 0 Å². The Balaban J connectivity index is 2.63. The Labute approximate surface area is 105 Å². The molecular weight excluding hydrogens is 267 g/mol. The van der Waals surface area contributed by atoms with Crippen LogP contribution in [0.3, 0.4) is 0 Å². The summed E-state index contributed by atoms with van der Waals surface area (Å²) in [7, 11) is 0. The topological polar surface area (TPSA) is 9.23 Å². The maximum atomic E-state index is 13.7. The third kappa shape index (κ3) is 2.67. The van der Waals surface area contributed by atoms with Crippen LogP contribution in [0, 0.1) is 17.5 Å². The zero-order chi connectivity index (χ0) is 14.0. The Morgan fingerprint density at radius 3 is 2.16 bits per heavy atom. The van der Waals surface area contributed by atoms with E-state index in [9.17, 15) is 22.0 Å². The van der Waals surface area contributed by atoms with Crippen molar-refractivity contribution in [2.75, 3.05) is 0 Å². The smallest absolute Gasteiger partial charge is 0.387 e. The molecule has 0 aliphatic heterocycles. The normalized spacial score (nSPS) is 10.8. The van der Waals surface area contributed by atoms with Gasteiger partial charge in [-0.05, 0) is 18.2 Å². The van der Waals surface area contributed by atoms with Gasteiger partial charge < -0.3 is 4.74 Å². The molecule has 0 unspecified atom stereocenters. The fourth-order valence-electron chi connectivity index (χ4n) is 1.66. The predicted molar refractivity (Wildman–Crippen MR) is 58.4 cm³/mol. The van der Waals surface area contributed by atoms with Gasteiger partial charge in [0, 0.05) is 5.56 Å². The van der Waals surface area contributed by atoms with Crippen molar-refractivity contribution in [1.82, 2.24) is 0 Å². The lowest BCUT2D eigenvalue weighted by Gasteiger charge is -2.12. The summed E-state index contributed by atoms with van der Waals surface area (Å²) in [5.74, 6) is -4.07. The highest BCUT2D eigenvalue weighted by atomic mass is 19.3. The second-order valence-electron chi connectivity index (χ2n) is 3.59. The standard InChI is InChI=1S/C13H7F5O/c14-8-4-2-6-10(19-13(17)18)11(8)7-3-1-5-9(15)12(7)16/h1-6,13H. The van der Waals surface area contributed by atoms with E-state index in [1.807, 2.05) is 0 Å². The molecule has 2 rings (SSSR count). The molecule has 0 bridgehead atoms. The third-order valence-corrected chi connectivity index (χ3v) is 2.41. The van der Waals surface area contributed by atoms with Gasteiger partial charge in [0.2, 0.25) is 0 Å². The maximum Gasteiger partial charge on any atom is 0.387 e. The summed E-state index contributed by atoms with van der Waals surface area (Å²) in [6.07, 6.45) is 0. The molecule has 0 saturated heterocycles. The summed E-state index contributed by atoms with van der Waals surface area (Å²) in [4.78, 5) is 0. The fraction of sp³-hybridized carbons (Fsp3) is 0.0769. The van der Waals surface area contributed by atoms with E-state index in [0.29, 0.717) is 0 Å². The molecular formula is C13H7F5O. The first-order valence-corrected chi connectivity index (χ1v) is 5.18. The van der Waals surface area contributed by atoms with Gasteiger partial charge in [0.05, 0.1) is 5.56 Å². The molecule has 2 aromatic rings. The summed E-state index contributed by atoms with van der Waals surface area (Å²) in [6, 6.07) is 6.19. The number of ether oxygens (including phenoxy) is 1. The lowest BCUT2D eigenvalue weighted by Crippen LogP contribution is -2.05. The van der Waals surface area contributed by atoms with Gasteiger partial charge >= 0.3 is 6.61 Å². The number of hydrogen-bond donors (Lipinski definition) is 0. The highest BCUT2D eigenvalue weighted by Crippen LogP contribution is 2.35. The number of hydrogen-bond acceptors (Lipinski definition) is 1. The molecule has 0 saturated carbocycles. The molecule has 19 heavy (non-hydrogen) atoms. The first-order valence-electron chi connectivity index (χ1n) is 5.18. The van der Waals surface area contributed by atoms with E-state index >= 15 is 0 Å². The molecule has 0 fully saturated rings. The molecule has 1 nitrogen and oxygen atoms in total. The van der Waals surface area contributed by atoms with Gasteiger partial charge in [-0.2, -0.15) is 8.78 Å². The highest BCUT2D eigenvalue weighted by molar-refractivity contribution is 5.71. The summed E-state index contributed by atoms with van der Waals surface area (Å²) in [5.41, 5.74) is -1.02. The first kappa shape index (κ1) is 13.3. The number of rotatable bonds is 3. The van der Waals surface area contributed by atoms with Gasteiger partial charge in [-0.25, -0.2) is 13.2 Å². The lowest BCUT2D eigenvalue weighted by atomic mass is 10.0. The van der Waals surface area contributed by atoms with E-state index in [0.717, 1.165) is 36.4 Å². The van der Waals surface area contributed by atoms with Crippen LogP contribution in [0.25, 0.3) is 11.1 Å². The molecule has 0 aliphatic rings. The van der Waals surface area contributed by atoms with Crippen molar-refractivity contribution in [3.63, 3.8) is 0 Å². The van der Waals surface area contributed by atoms with Gasteiger partial charge in [0.15, 0.2) is 11.6 Å². The summed E-state index contributed by atoms with van der Waals surface area (Å²) < 4.78 is 68.9. The average molecular weight is 274 g/mol. The Morgan fingerprint density at radius 1 is 0.842 bits per heavy atom. The lowest BCUT2D eigenvalue weighted by molar-refractivity contribution is -0.0495. The van der Waals surface area contributed by atoms with Crippen LogP contribution in [0.2, 0.25) is 0 Å². The van der Waals surface area contributed by atoms with Crippen LogP contribution in [0.4, 0.5) is 22.0 Å². The molecule has 0 heterocycles. The van der Waals surface area contributed by atoms with Crippen LogP contribution >= 0.6 is 0 Å². The van der Waals surface area contributed by atoms with Crippen molar-refractivity contribution in [3.05, 3.63) is 53.8 Å². The third-order valence-electron chi connectivity index (χ3n) is 2.41. The van der Waals surface area contributed by atoms with Gasteiger partial charge in [0.25, 0.3) is 0 Å². The minimum atomic E-state index is -3.20. The molecule has 2 aromatic carbocycles. The van der Waals surface area contributed by atoms with Gasteiger partial charge in [-0.3, -0.25) is 0 Å². The van der Waals surface area contributed by atoms with E-state index in [1.165, 1.54) is 0 Å². The van der Waals surface area contributed by atoms with Crippen LogP contribution in [-0.2, 0) is 0 Å². The molecule has 0 aromatic heterocycles. The Kier molecular flexibility index (Phi) is 3.69. The molecule has 0 N–H and O–H groups in total. The minimum absolute atomic E-state index is 0.478. The van der Waals surface area contributed by atoms with Crippen molar-refractivity contribution >= 4 is 0 Å².